The highest BCUT2D eigenvalue weighted by Crippen LogP contribution is 2.28. The number of hydrogen-bond donors (Lipinski definition) is 1. The highest BCUT2D eigenvalue weighted by molar-refractivity contribution is 5.82. The van der Waals surface area contributed by atoms with Crippen LogP contribution in [0.4, 0.5) is 0 Å². The van der Waals surface area contributed by atoms with Crippen LogP contribution in [0, 0.1) is 0 Å². The Morgan fingerprint density at radius 1 is 1.13 bits per heavy atom. The van der Waals surface area contributed by atoms with E-state index in [1.54, 1.807) is 6.33 Å². The predicted molar refractivity (Wildman–Crippen MR) is 61.2 cm³/mol. The molecular weight excluding hydrogens is 184 g/mol. The summed E-state index contributed by atoms with van der Waals surface area (Å²) in [5, 5.41) is 0. The average Bonchev–Trinajstić information content (AvgIpc) is 2.82. The highest BCUT2D eigenvalue weighted by atomic mass is 14.9. The number of imidazole rings is 1. The number of hydrogen-bond acceptors (Lipinski definition) is 1. The van der Waals surface area contributed by atoms with Crippen molar-refractivity contribution in [1.82, 2.24) is 9.97 Å². The zero-order valence-electron chi connectivity index (χ0n) is 8.40. The molecule has 2 nitrogen and oxygen atoms in total. The fraction of sp³-hybridized carbons (Fsp3) is 0.154. The molecule has 0 bridgehead atoms. The van der Waals surface area contributed by atoms with Crippen LogP contribution in [0.3, 0.4) is 0 Å². The van der Waals surface area contributed by atoms with Gasteiger partial charge in [-0.05, 0) is 35.6 Å². The van der Waals surface area contributed by atoms with Gasteiger partial charge in [0.2, 0.25) is 0 Å². The molecule has 1 aliphatic rings. The van der Waals surface area contributed by atoms with Crippen molar-refractivity contribution in [3.63, 3.8) is 0 Å². The maximum atomic E-state index is 4.06. The molecule has 3 rings (SSSR count). The highest BCUT2D eigenvalue weighted by Gasteiger charge is 2.11. The normalized spacial score (nSPS) is 14.5. The van der Waals surface area contributed by atoms with Crippen LogP contribution < -0.4 is 0 Å². The standard InChI is InChI=1S/C13H12N2/c1-2-4-11-7-12(6-5-10(11)3-1)13-8-14-9-15-13/h1-4,7-9H,5-6H2,(H,14,15). The lowest BCUT2D eigenvalue weighted by Gasteiger charge is -2.14. The Morgan fingerprint density at radius 2 is 2.07 bits per heavy atom. The second kappa shape index (κ2) is 3.39. The SMILES string of the molecule is C1=C(c2cnc[nH]2)CCc2ccccc21. The fourth-order valence-corrected chi connectivity index (χ4v) is 2.08. The molecule has 0 fully saturated rings. The Morgan fingerprint density at radius 3 is 2.93 bits per heavy atom. The Kier molecular flexibility index (Phi) is 1.91. The van der Waals surface area contributed by atoms with Crippen LogP contribution in [0.1, 0.15) is 23.2 Å². The van der Waals surface area contributed by atoms with Crippen LogP contribution in [0.5, 0.6) is 0 Å². The number of rotatable bonds is 1. The molecule has 1 aromatic heterocycles. The molecule has 0 saturated heterocycles. The molecule has 2 aromatic rings. The third-order valence-electron chi connectivity index (χ3n) is 2.89. The lowest BCUT2D eigenvalue weighted by atomic mass is 9.91. The summed E-state index contributed by atoms with van der Waals surface area (Å²) in [5.41, 5.74) is 5.28. The molecule has 15 heavy (non-hydrogen) atoms. The van der Waals surface area contributed by atoms with Gasteiger partial charge < -0.3 is 4.98 Å². The van der Waals surface area contributed by atoms with E-state index in [-0.39, 0.29) is 0 Å². The van der Waals surface area contributed by atoms with E-state index in [0.717, 1.165) is 18.5 Å². The number of aromatic amines is 1. The Labute approximate surface area is 88.7 Å². The smallest absolute Gasteiger partial charge is 0.0924 e. The molecule has 0 amide bonds. The summed E-state index contributed by atoms with van der Waals surface area (Å²) in [6.07, 6.45) is 8.10. The van der Waals surface area contributed by atoms with E-state index in [1.807, 2.05) is 6.20 Å². The summed E-state index contributed by atoms with van der Waals surface area (Å²) >= 11 is 0. The van der Waals surface area contributed by atoms with E-state index in [0.29, 0.717) is 0 Å². The van der Waals surface area contributed by atoms with Crippen molar-refractivity contribution in [3.8, 4) is 0 Å². The summed E-state index contributed by atoms with van der Waals surface area (Å²) in [5.74, 6) is 0. The summed E-state index contributed by atoms with van der Waals surface area (Å²) in [6, 6.07) is 8.57. The first kappa shape index (κ1) is 8.48. The van der Waals surface area contributed by atoms with Gasteiger partial charge in [0, 0.05) is 0 Å². The van der Waals surface area contributed by atoms with Gasteiger partial charge in [-0.15, -0.1) is 0 Å². The van der Waals surface area contributed by atoms with Crippen molar-refractivity contribution in [1.29, 1.82) is 0 Å². The van der Waals surface area contributed by atoms with Crippen molar-refractivity contribution >= 4 is 11.6 Å². The topological polar surface area (TPSA) is 28.7 Å². The van der Waals surface area contributed by atoms with E-state index in [9.17, 15) is 0 Å². The Hall–Kier alpha value is -1.83. The minimum Gasteiger partial charge on any atom is -0.345 e. The molecule has 0 saturated carbocycles. The third-order valence-corrected chi connectivity index (χ3v) is 2.89. The summed E-state index contributed by atoms with van der Waals surface area (Å²) in [6.45, 7) is 0. The molecule has 0 atom stereocenters. The number of aromatic nitrogens is 2. The van der Waals surface area contributed by atoms with Crippen molar-refractivity contribution in [3.05, 3.63) is 53.6 Å². The van der Waals surface area contributed by atoms with Crippen LogP contribution >= 0.6 is 0 Å². The van der Waals surface area contributed by atoms with Crippen molar-refractivity contribution in [2.45, 2.75) is 12.8 Å². The number of nitrogens with zero attached hydrogens (tertiary/aromatic N) is 1. The molecule has 1 aliphatic carbocycles. The minimum atomic E-state index is 1.10. The van der Waals surface area contributed by atoms with Crippen LogP contribution in [-0.2, 0) is 6.42 Å². The summed E-state index contributed by atoms with van der Waals surface area (Å²) < 4.78 is 0. The molecule has 1 aromatic carbocycles. The van der Waals surface area contributed by atoms with Gasteiger partial charge in [0.05, 0.1) is 18.2 Å². The van der Waals surface area contributed by atoms with E-state index in [4.69, 9.17) is 0 Å². The van der Waals surface area contributed by atoms with Crippen molar-refractivity contribution < 1.29 is 0 Å². The Balaban J connectivity index is 2.06. The zero-order chi connectivity index (χ0) is 10.1. The molecule has 1 heterocycles. The molecule has 0 unspecified atom stereocenters. The average molecular weight is 196 g/mol. The molecule has 0 spiro atoms. The van der Waals surface area contributed by atoms with Gasteiger partial charge in [-0.3, -0.25) is 0 Å². The van der Waals surface area contributed by atoms with Crippen molar-refractivity contribution in [2.75, 3.05) is 0 Å². The van der Waals surface area contributed by atoms with Gasteiger partial charge >= 0.3 is 0 Å². The molecule has 0 radical (unpaired) electrons. The van der Waals surface area contributed by atoms with E-state index in [1.165, 1.54) is 16.7 Å². The first-order valence-electron chi connectivity index (χ1n) is 5.21. The molecular formula is C13H12N2. The van der Waals surface area contributed by atoms with Crippen molar-refractivity contribution in [2.24, 2.45) is 0 Å². The number of fused-ring (bicyclic) bond motifs is 1. The lowest BCUT2D eigenvalue weighted by Crippen LogP contribution is -1.98. The molecule has 74 valence electrons. The van der Waals surface area contributed by atoms with Gasteiger partial charge in [0.15, 0.2) is 0 Å². The quantitative estimate of drug-likeness (QED) is 0.746. The third kappa shape index (κ3) is 1.48. The largest absolute Gasteiger partial charge is 0.345 e. The fourth-order valence-electron chi connectivity index (χ4n) is 2.08. The Bertz CT molecular complexity index is 495. The maximum absolute atomic E-state index is 4.06. The van der Waals surface area contributed by atoms with Crippen LogP contribution in [0.2, 0.25) is 0 Å². The van der Waals surface area contributed by atoms with Crippen LogP contribution in [0.15, 0.2) is 36.8 Å². The maximum Gasteiger partial charge on any atom is 0.0924 e. The first-order chi connectivity index (χ1) is 7.43. The van der Waals surface area contributed by atoms with Crippen LogP contribution in [-0.4, -0.2) is 9.97 Å². The minimum absolute atomic E-state index is 1.10. The van der Waals surface area contributed by atoms with E-state index >= 15 is 0 Å². The number of nitrogens with one attached hydrogen (secondary N) is 1. The second-order valence-electron chi connectivity index (χ2n) is 3.83. The van der Waals surface area contributed by atoms with E-state index < -0.39 is 0 Å². The monoisotopic (exact) mass is 196 g/mol. The predicted octanol–water partition coefficient (Wildman–Crippen LogP) is 2.90. The van der Waals surface area contributed by atoms with Gasteiger partial charge in [-0.2, -0.15) is 0 Å². The summed E-state index contributed by atoms with van der Waals surface area (Å²) in [7, 11) is 0. The zero-order valence-corrected chi connectivity index (χ0v) is 8.40. The van der Waals surface area contributed by atoms with Gasteiger partial charge in [-0.25, -0.2) is 4.98 Å². The lowest BCUT2D eigenvalue weighted by molar-refractivity contribution is 0.994. The van der Waals surface area contributed by atoms with Gasteiger partial charge in [0.1, 0.15) is 0 Å². The molecule has 2 heteroatoms. The number of benzene rings is 1. The molecule has 0 aliphatic heterocycles. The first-order valence-corrected chi connectivity index (χ1v) is 5.21. The van der Waals surface area contributed by atoms with E-state index in [2.05, 4.69) is 40.3 Å². The number of H-pyrrole nitrogens is 1. The van der Waals surface area contributed by atoms with Gasteiger partial charge in [-0.1, -0.05) is 24.3 Å². The number of aryl methyl sites for hydroxylation is 1. The van der Waals surface area contributed by atoms with Crippen LogP contribution in [0.25, 0.3) is 11.6 Å². The second-order valence-corrected chi connectivity index (χ2v) is 3.83. The van der Waals surface area contributed by atoms with Gasteiger partial charge in [0.25, 0.3) is 0 Å². The number of allylic oxidation sites excluding steroid dienone is 1. The summed E-state index contributed by atoms with van der Waals surface area (Å²) in [4.78, 5) is 7.22. The molecule has 1 N–H and O–H groups in total.